The molecule has 2 rings (SSSR count). The number of carbonyl (C=O) groups is 2. The number of fused-ring (bicyclic) bond motifs is 1. The molecule has 5 heteroatoms. The van der Waals surface area contributed by atoms with Gasteiger partial charge in [0.1, 0.15) is 12.8 Å². The van der Waals surface area contributed by atoms with Crippen LogP contribution in [0, 0.1) is 0 Å². The van der Waals surface area contributed by atoms with E-state index in [-0.39, 0.29) is 13.0 Å². The van der Waals surface area contributed by atoms with E-state index in [1.165, 1.54) is 0 Å². The summed E-state index contributed by atoms with van der Waals surface area (Å²) in [5, 5.41) is 9.56. The highest BCUT2D eigenvalue weighted by Crippen LogP contribution is 2.27. The number of carboxylic acid groups (broad SMARTS) is 1. The second-order valence-electron chi connectivity index (χ2n) is 3.79. The number of benzene rings is 1. The Balaban J connectivity index is 2.63. The average molecular weight is 232 g/mol. The van der Waals surface area contributed by atoms with Crippen molar-refractivity contribution in [2.45, 2.75) is 13.0 Å². The topological polar surface area (TPSA) is 85.3 Å². The maximum Gasteiger partial charge on any atom is 0.323 e. The Kier molecular flexibility index (Phi) is 2.82. The van der Waals surface area contributed by atoms with Crippen molar-refractivity contribution in [2.75, 3.05) is 5.73 Å². The van der Waals surface area contributed by atoms with Crippen molar-refractivity contribution in [2.24, 2.45) is 0 Å². The normalized spacial score (nSPS) is 10.6. The van der Waals surface area contributed by atoms with E-state index in [2.05, 4.69) is 0 Å². The third kappa shape index (κ3) is 1.99. The van der Waals surface area contributed by atoms with Crippen LogP contribution in [0.1, 0.15) is 5.56 Å². The zero-order valence-corrected chi connectivity index (χ0v) is 9.09. The van der Waals surface area contributed by atoms with Gasteiger partial charge in [-0.05, 0) is 11.6 Å². The molecule has 0 bridgehead atoms. The van der Waals surface area contributed by atoms with Crippen LogP contribution in [-0.4, -0.2) is 21.9 Å². The minimum atomic E-state index is -0.928. The lowest BCUT2D eigenvalue weighted by atomic mass is 10.1. The Hall–Kier alpha value is -2.30. The maximum atomic E-state index is 10.7. The Morgan fingerprint density at radius 3 is 2.88 bits per heavy atom. The summed E-state index contributed by atoms with van der Waals surface area (Å²) >= 11 is 0. The molecule has 0 aliphatic carbocycles. The van der Waals surface area contributed by atoms with E-state index in [0.717, 1.165) is 22.8 Å². The van der Waals surface area contributed by atoms with Crippen molar-refractivity contribution in [3.63, 3.8) is 0 Å². The highest BCUT2D eigenvalue weighted by molar-refractivity contribution is 5.96. The highest BCUT2D eigenvalue weighted by Gasteiger charge is 2.11. The monoisotopic (exact) mass is 232 g/mol. The number of nitrogen functional groups attached to an aromatic ring is 1. The zero-order chi connectivity index (χ0) is 12.4. The molecule has 17 heavy (non-hydrogen) atoms. The lowest BCUT2D eigenvalue weighted by molar-refractivity contribution is -0.137. The molecule has 0 saturated carbocycles. The van der Waals surface area contributed by atoms with Gasteiger partial charge in [-0.3, -0.25) is 4.79 Å². The van der Waals surface area contributed by atoms with Gasteiger partial charge in [-0.1, -0.05) is 12.1 Å². The predicted molar refractivity (Wildman–Crippen MR) is 63.8 cm³/mol. The van der Waals surface area contributed by atoms with Crippen LogP contribution in [0.5, 0.6) is 0 Å². The standard InChI is InChI=1S/C12H12N2O3/c13-9-6-14(7-11(16)17)10-3-1-2-8(4-5-15)12(9)10/h1-3,5-6H,4,7,13H2,(H,16,17). The average Bonchev–Trinajstić information content (AvgIpc) is 2.57. The number of nitrogens with zero attached hydrogens (tertiary/aromatic N) is 1. The van der Waals surface area contributed by atoms with Crippen LogP contribution in [0.25, 0.3) is 10.9 Å². The Labute approximate surface area is 97.4 Å². The van der Waals surface area contributed by atoms with E-state index in [4.69, 9.17) is 10.8 Å². The third-order valence-electron chi connectivity index (χ3n) is 2.63. The van der Waals surface area contributed by atoms with Crippen molar-refractivity contribution < 1.29 is 14.7 Å². The Morgan fingerprint density at radius 2 is 2.24 bits per heavy atom. The lowest BCUT2D eigenvalue weighted by Gasteiger charge is -2.03. The second-order valence-corrected chi connectivity index (χ2v) is 3.79. The van der Waals surface area contributed by atoms with Crippen LogP contribution in [0.15, 0.2) is 24.4 Å². The van der Waals surface area contributed by atoms with Crippen LogP contribution in [0.2, 0.25) is 0 Å². The van der Waals surface area contributed by atoms with Gasteiger partial charge >= 0.3 is 5.97 Å². The summed E-state index contributed by atoms with van der Waals surface area (Å²) < 4.78 is 1.57. The summed E-state index contributed by atoms with van der Waals surface area (Å²) in [5.74, 6) is -0.928. The number of hydrogen-bond donors (Lipinski definition) is 2. The second kappa shape index (κ2) is 4.29. The van der Waals surface area contributed by atoms with E-state index in [1.807, 2.05) is 6.07 Å². The van der Waals surface area contributed by atoms with Crippen molar-refractivity contribution in [1.82, 2.24) is 4.57 Å². The summed E-state index contributed by atoms with van der Waals surface area (Å²) in [6.07, 6.45) is 2.68. The summed E-state index contributed by atoms with van der Waals surface area (Å²) in [7, 11) is 0. The number of carbonyl (C=O) groups excluding carboxylic acids is 1. The first-order valence-corrected chi connectivity index (χ1v) is 5.15. The van der Waals surface area contributed by atoms with Crippen LogP contribution in [0.3, 0.4) is 0 Å². The fourth-order valence-corrected chi connectivity index (χ4v) is 2.00. The molecule has 3 N–H and O–H groups in total. The molecule has 0 atom stereocenters. The van der Waals surface area contributed by atoms with Crippen LogP contribution >= 0.6 is 0 Å². The van der Waals surface area contributed by atoms with Gasteiger partial charge in [-0.15, -0.1) is 0 Å². The molecule has 1 heterocycles. The quantitative estimate of drug-likeness (QED) is 0.771. The van der Waals surface area contributed by atoms with Gasteiger partial charge in [0, 0.05) is 18.0 Å². The SMILES string of the molecule is Nc1cn(CC(=O)O)c2cccc(CC=O)c12. The molecule has 2 aromatic rings. The number of anilines is 1. The number of carboxylic acids is 1. The van der Waals surface area contributed by atoms with E-state index in [1.54, 1.807) is 22.9 Å². The van der Waals surface area contributed by atoms with Crippen molar-refractivity contribution in [1.29, 1.82) is 0 Å². The molecule has 0 spiro atoms. The number of rotatable bonds is 4. The van der Waals surface area contributed by atoms with Gasteiger partial charge in [0.2, 0.25) is 0 Å². The van der Waals surface area contributed by atoms with E-state index in [0.29, 0.717) is 5.69 Å². The van der Waals surface area contributed by atoms with Gasteiger partial charge in [0.05, 0.1) is 11.2 Å². The van der Waals surface area contributed by atoms with E-state index in [9.17, 15) is 9.59 Å². The molecule has 1 aromatic carbocycles. The molecular formula is C12H12N2O3. The molecule has 0 saturated heterocycles. The van der Waals surface area contributed by atoms with Crippen molar-refractivity contribution >= 4 is 28.8 Å². The lowest BCUT2D eigenvalue weighted by Crippen LogP contribution is -2.07. The van der Waals surface area contributed by atoms with Crippen LogP contribution in [0.4, 0.5) is 5.69 Å². The predicted octanol–water partition coefficient (Wildman–Crippen LogP) is 1.05. The number of hydrogen-bond acceptors (Lipinski definition) is 3. The van der Waals surface area contributed by atoms with Gasteiger partial charge < -0.3 is 20.2 Å². The van der Waals surface area contributed by atoms with Crippen LogP contribution in [-0.2, 0) is 22.6 Å². The summed E-state index contributed by atoms with van der Waals surface area (Å²) in [6.45, 7) is -0.141. The van der Waals surface area contributed by atoms with Gasteiger partial charge in [0.25, 0.3) is 0 Å². The molecule has 0 unspecified atom stereocenters. The number of aromatic nitrogens is 1. The molecule has 0 radical (unpaired) electrons. The molecule has 1 aromatic heterocycles. The Bertz CT molecular complexity index is 587. The van der Waals surface area contributed by atoms with Gasteiger partial charge in [-0.2, -0.15) is 0 Å². The maximum absolute atomic E-state index is 10.7. The van der Waals surface area contributed by atoms with E-state index < -0.39 is 5.97 Å². The van der Waals surface area contributed by atoms with Gasteiger partial charge in [-0.25, -0.2) is 0 Å². The summed E-state index contributed by atoms with van der Waals surface area (Å²) in [4.78, 5) is 21.3. The zero-order valence-electron chi connectivity index (χ0n) is 9.09. The van der Waals surface area contributed by atoms with Crippen molar-refractivity contribution in [3.8, 4) is 0 Å². The number of nitrogens with two attached hydrogens (primary N) is 1. The Morgan fingerprint density at radius 1 is 1.47 bits per heavy atom. The molecule has 0 fully saturated rings. The first kappa shape index (κ1) is 11.2. The van der Waals surface area contributed by atoms with Crippen LogP contribution < -0.4 is 5.73 Å². The first-order chi connectivity index (χ1) is 8.13. The molecule has 88 valence electrons. The highest BCUT2D eigenvalue weighted by atomic mass is 16.4. The number of aliphatic carboxylic acids is 1. The molecule has 0 aliphatic rings. The smallest absolute Gasteiger partial charge is 0.323 e. The minimum Gasteiger partial charge on any atom is -0.480 e. The van der Waals surface area contributed by atoms with Crippen molar-refractivity contribution in [3.05, 3.63) is 30.0 Å². The largest absolute Gasteiger partial charge is 0.480 e. The molecule has 0 aliphatic heterocycles. The molecular weight excluding hydrogens is 220 g/mol. The van der Waals surface area contributed by atoms with Gasteiger partial charge in [0.15, 0.2) is 0 Å². The fourth-order valence-electron chi connectivity index (χ4n) is 2.00. The molecule has 5 nitrogen and oxygen atoms in total. The fraction of sp³-hybridized carbons (Fsp3) is 0.167. The summed E-state index contributed by atoms with van der Waals surface area (Å²) in [5.41, 5.74) is 7.91. The minimum absolute atomic E-state index is 0.141. The first-order valence-electron chi connectivity index (χ1n) is 5.15. The summed E-state index contributed by atoms with van der Waals surface area (Å²) in [6, 6.07) is 5.40. The van der Waals surface area contributed by atoms with E-state index >= 15 is 0 Å². The third-order valence-corrected chi connectivity index (χ3v) is 2.63. The molecule has 0 amide bonds. The number of aldehydes is 1.